The van der Waals surface area contributed by atoms with Gasteiger partial charge in [-0.05, 0) is 19.1 Å². The van der Waals surface area contributed by atoms with Crippen LogP contribution in [0.4, 0.5) is 10.1 Å². The Morgan fingerprint density at radius 3 is 3.08 bits per heavy atom. The molecule has 0 bridgehead atoms. The Kier molecular flexibility index (Phi) is 1.69. The van der Waals surface area contributed by atoms with E-state index >= 15 is 0 Å². The lowest BCUT2D eigenvalue weighted by atomic mass is 10.2. The number of amides is 1. The highest BCUT2D eigenvalue weighted by Crippen LogP contribution is 2.29. The van der Waals surface area contributed by atoms with Gasteiger partial charge in [0, 0.05) is 6.07 Å². The van der Waals surface area contributed by atoms with Crippen molar-refractivity contribution in [2.24, 2.45) is 0 Å². The highest BCUT2D eigenvalue weighted by Gasteiger charge is 2.23. The molecule has 1 aromatic rings. The van der Waals surface area contributed by atoms with E-state index in [9.17, 15) is 9.18 Å². The van der Waals surface area contributed by atoms with Crippen molar-refractivity contribution < 1.29 is 13.9 Å². The van der Waals surface area contributed by atoms with Crippen LogP contribution in [0.3, 0.4) is 0 Å². The number of halogens is 1. The molecule has 1 aliphatic heterocycles. The zero-order valence-corrected chi connectivity index (χ0v) is 7.00. The van der Waals surface area contributed by atoms with Gasteiger partial charge in [0.15, 0.2) is 6.10 Å². The zero-order chi connectivity index (χ0) is 9.42. The highest BCUT2D eigenvalue weighted by molar-refractivity contribution is 5.97. The van der Waals surface area contributed by atoms with Crippen LogP contribution in [0.1, 0.15) is 6.92 Å². The smallest absolute Gasteiger partial charge is 0.265 e. The number of fused-ring (bicyclic) bond motifs is 1. The summed E-state index contributed by atoms with van der Waals surface area (Å²) < 4.78 is 17.9. The number of ether oxygens (including phenoxy) is 1. The molecule has 0 aromatic heterocycles. The van der Waals surface area contributed by atoms with E-state index < -0.39 is 11.9 Å². The Hall–Kier alpha value is -1.58. The molecule has 1 amide bonds. The highest BCUT2D eigenvalue weighted by atomic mass is 19.1. The Balaban J connectivity index is 2.42. The van der Waals surface area contributed by atoms with Crippen molar-refractivity contribution in [3.8, 4) is 5.75 Å². The molecule has 0 saturated heterocycles. The second-order valence-corrected chi connectivity index (χ2v) is 2.89. The summed E-state index contributed by atoms with van der Waals surface area (Å²) in [6.45, 7) is 1.64. The standard InChI is InChI=1S/C9H8FNO2/c1-5-9(12)11-7-4-6(10)2-3-8(7)13-5/h2-5H,1H3,(H,11,12)/t5-/m1/s1. The van der Waals surface area contributed by atoms with E-state index in [1.165, 1.54) is 18.2 Å². The quantitative estimate of drug-likeness (QED) is 0.659. The number of carbonyl (C=O) groups is 1. The topological polar surface area (TPSA) is 38.3 Å². The van der Waals surface area contributed by atoms with Gasteiger partial charge >= 0.3 is 0 Å². The molecule has 1 atom stereocenters. The molecule has 1 aliphatic rings. The maximum atomic E-state index is 12.7. The normalized spacial score (nSPS) is 20.2. The maximum Gasteiger partial charge on any atom is 0.265 e. The number of hydrogen-bond donors (Lipinski definition) is 1. The van der Waals surface area contributed by atoms with Crippen molar-refractivity contribution in [2.45, 2.75) is 13.0 Å². The van der Waals surface area contributed by atoms with Gasteiger partial charge in [-0.1, -0.05) is 0 Å². The molecule has 1 aromatic carbocycles. The predicted octanol–water partition coefficient (Wildman–Crippen LogP) is 1.55. The lowest BCUT2D eigenvalue weighted by Gasteiger charge is -2.22. The average Bonchev–Trinajstić information content (AvgIpc) is 2.08. The summed E-state index contributed by atoms with van der Waals surface area (Å²) >= 11 is 0. The van der Waals surface area contributed by atoms with Gasteiger partial charge in [0.2, 0.25) is 0 Å². The van der Waals surface area contributed by atoms with Crippen molar-refractivity contribution in [3.63, 3.8) is 0 Å². The third kappa shape index (κ3) is 1.35. The van der Waals surface area contributed by atoms with Crippen molar-refractivity contribution >= 4 is 11.6 Å². The molecule has 4 heteroatoms. The van der Waals surface area contributed by atoms with Gasteiger partial charge in [-0.15, -0.1) is 0 Å². The number of carbonyl (C=O) groups excluding carboxylic acids is 1. The van der Waals surface area contributed by atoms with Crippen LogP contribution >= 0.6 is 0 Å². The van der Waals surface area contributed by atoms with E-state index in [-0.39, 0.29) is 5.91 Å². The Bertz CT molecular complexity index is 365. The van der Waals surface area contributed by atoms with Crippen LogP contribution in [0.25, 0.3) is 0 Å². The minimum Gasteiger partial charge on any atom is -0.479 e. The van der Waals surface area contributed by atoms with E-state index in [0.717, 1.165) is 0 Å². The van der Waals surface area contributed by atoms with E-state index in [1.54, 1.807) is 6.92 Å². The van der Waals surface area contributed by atoms with Crippen LogP contribution in [-0.2, 0) is 4.79 Å². The van der Waals surface area contributed by atoms with Gasteiger partial charge in [-0.2, -0.15) is 0 Å². The lowest BCUT2D eigenvalue weighted by molar-refractivity contribution is -0.122. The summed E-state index contributed by atoms with van der Waals surface area (Å²) in [5.41, 5.74) is 0.392. The van der Waals surface area contributed by atoms with Crippen LogP contribution in [0, 0.1) is 5.82 Å². The summed E-state index contributed by atoms with van der Waals surface area (Å²) in [5.74, 6) is -0.135. The molecule has 1 heterocycles. The molecule has 1 N–H and O–H groups in total. The first-order valence-electron chi connectivity index (χ1n) is 3.94. The van der Waals surface area contributed by atoms with Gasteiger partial charge in [0.25, 0.3) is 5.91 Å². The van der Waals surface area contributed by atoms with Gasteiger partial charge in [0.05, 0.1) is 5.69 Å². The first kappa shape index (κ1) is 8.04. The molecule has 2 rings (SSSR count). The number of nitrogens with one attached hydrogen (secondary N) is 1. The van der Waals surface area contributed by atoms with Crippen LogP contribution in [-0.4, -0.2) is 12.0 Å². The maximum absolute atomic E-state index is 12.7. The number of hydrogen-bond acceptors (Lipinski definition) is 2. The Labute approximate surface area is 74.5 Å². The summed E-state index contributed by atoms with van der Waals surface area (Å²) in [6, 6.07) is 4.03. The molecule has 0 unspecified atom stereocenters. The minimum absolute atomic E-state index is 0.252. The van der Waals surface area contributed by atoms with E-state index in [2.05, 4.69) is 5.32 Å². The fraction of sp³-hybridized carbons (Fsp3) is 0.222. The number of anilines is 1. The van der Waals surface area contributed by atoms with Gasteiger partial charge in [-0.3, -0.25) is 4.79 Å². The summed E-state index contributed by atoms with van der Waals surface area (Å²) in [7, 11) is 0. The molecule has 68 valence electrons. The van der Waals surface area contributed by atoms with Crippen LogP contribution in [0.2, 0.25) is 0 Å². The third-order valence-corrected chi connectivity index (χ3v) is 1.87. The summed E-state index contributed by atoms with van der Waals surface area (Å²) in [4.78, 5) is 11.1. The first-order valence-corrected chi connectivity index (χ1v) is 3.94. The lowest BCUT2D eigenvalue weighted by Crippen LogP contribution is -2.34. The molecule has 0 radical (unpaired) electrons. The molecule has 3 nitrogen and oxygen atoms in total. The van der Waals surface area contributed by atoms with E-state index in [0.29, 0.717) is 11.4 Å². The van der Waals surface area contributed by atoms with Crippen molar-refractivity contribution in [1.29, 1.82) is 0 Å². The molecule has 0 saturated carbocycles. The first-order chi connectivity index (χ1) is 6.16. The van der Waals surface area contributed by atoms with Crippen LogP contribution in [0.15, 0.2) is 18.2 Å². The SMILES string of the molecule is C[C@H]1Oc2ccc(F)cc2NC1=O. The van der Waals surface area contributed by atoms with E-state index in [1.807, 2.05) is 0 Å². The van der Waals surface area contributed by atoms with Crippen LogP contribution in [0.5, 0.6) is 5.75 Å². The largest absolute Gasteiger partial charge is 0.479 e. The molecule has 0 fully saturated rings. The second kappa shape index (κ2) is 2.73. The van der Waals surface area contributed by atoms with Crippen molar-refractivity contribution in [2.75, 3.05) is 5.32 Å². The Morgan fingerprint density at radius 1 is 1.54 bits per heavy atom. The number of benzene rings is 1. The molecular formula is C9H8FNO2. The molecular weight excluding hydrogens is 173 g/mol. The Morgan fingerprint density at radius 2 is 2.31 bits per heavy atom. The summed E-state index contributed by atoms with van der Waals surface area (Å²) in [5, 5.41) is 2.55. The monoisotopic (exact) mass is 181 g/mol. The van der Waals surface area contributed by atoms with Crippen LogP contribution < -0.4 is 10.1 Å². The zero-order valence-electron chi connectivity index (χ0n) is 7.00. The van der Waals surface area contributed by atoms with Gasteiger partial charge in [-0.25, -0.2) is 4.39 Å². The van der Waals surface area contributed by atoms with Crippen molar-refractivity contribution in [3.05, 3.63) is 24.0 Å². The average molecular weight is 181 g/mol. The minimum atomic E-state index is -0.516. The predicted molar refractivity (Wildman–Crippen MR) is 45.1 cm³/mol. The fourth-order valence-corrected chi connectivity index (χ4v) is 1.18. The van der Waals surface area contributed by atoms with Gasteiger partial charge < -0.3 is 10.1 Å². The van der Waals surface area contributed by atoms with E-state index in [4.69, 9.17) is 4.74 Å². The van der Waals surface area contributed by atoms with Gasteiger partial charge in [0.1, 0.15) is 11.6 Å². The summed E-state index contributed by atoms with van der Waals surface area (Å²) in [6.07, 6.45) is -0.516. The molecule has 13 heavy (non-hydrogen) atoms. The number of rotatable bonds is 0. The van der Waals surface area contributed by atoms with Crippen molar-refractivity contribution in [1.82, 2.24) is 0 Å². The molecule has 0 aliphatic carbocycles. The second-order valence-electron chi connectivity index (χ2n) is 2.89. The molecule has 0 spiro atoms. The fourth-order valence-electron chi connectivity index (χ4n) is 1.18. The third-order valence-electron chi connectivity index (χ3n) is 1.87.